The van der Waals surface area contributed by atoms with E-state index in [0.29, 0.717) is 0 Å². The fraction of sp³-hybridized carbons (Fsp3) is 1.00. The number of hydrogen-bond acceptors (Lipinski definition) is 0. The largest absolute Gasteiger partial charge is 0.0651 e. The molecule has 0 heteroatoms. The van der Waals surface area contributed by atoms with Crippen LogP contribution in [0, 0.1) is 17.8 Å². The van der Waals surface area contributed by atoms with Gasteiger partial charge in [0.1, 0.15) is 0 Å². The quantitative estimate of drug-likeness (QED) is 0.541. The van der Waals surface area contributed by atoms with E-state index in [1.807, 2.05) is 0 Å². The topological polar surface area (TPSA) is 0 Å². The van der Waals surface area contributed by atoms with E-state index in [2.05, 4.69) is 20.8 Å². The first kappa shape index (κ1) is 10.1. The molecular weight excluding hydrogens is 144 g/mol. The Labute approximate surface area is 77.7 Å². The molecular formula is C12H24. The molecule has 0 amide bonds. The molecule has 0 spiro atoms. The van der Waals surface area contributed by atoms with Crippen LogP contribution in [0.25, 0.3) is 0 Å². The number of hydrogen-bond donors (Lipinski definition) is 0. The average Bonchev–Trinajstić information content (AvgIpc) is 2.26. The molecule has 0 aromatic rings. The summed E-state index contributed by atoms with van der Waals surface area (Å²) >= 11 is 0. The van der Waals surface area contributed by atoms with Crippen molar-refractivity contribution in [2.45, 2.75) is 59.3 Å². The highest BCUT2D eigenvalue weighted by molar-refractivity contribution is 4.73. The van der Waals surface area contributed by atoms with Gasteiger partial charge < -0.3 is 0 Å². The summed E-state index contributed by atoms with van der Waals surface area (Å²) in [5, 5.41) is 0. The van der Waals surface area contributed by atoms with Crippen LogP contribution in [0.15, 0.2) is 0 Å². The highest BCUT2D eigenvalue weighted by Gasteiger charge is 2.21. The van der Waals surface area contributed by atoms with Crippen molar-refractivity contribution < 1.29 is 0 Å². The summed E-state index contributed by atoms with van der Waals surface area (Å²) in [6.07, 6.45) is 8.79. The maximum absolute atomic E-state index is 2.43. The van der Waals surface area contributed by atoms with Crippen LogP contribution in [-0.2, 0) is 0 Å². The molecule has 3 unspecified atom stereocenters. The zero-order valence-corrected chi connectivity index (χ0v) is 8.97. The zero-order chi connectivity index (χ0) is 8.97. The van der Waals surface area contributed by atoms with Crippen LogP contribution in [0.3, 0.4) is 0 Å². The summed E-state index contributed by atoms with van der Waals surface area (Å²) in [6, 6.07) is 0. The van der Waals surface area contributed by atoms with Crippen LogP contribution in [0.1, 0.15) is 59.3 Å². The normalized spacial score (nSPS) is 37.8. The Morgan fingerprint density at radius 1 is 0.917 bits per heavy atom. The predicted molar refractivity (Wildman–Crippen MR) is 55.2 cm³/mol. The highest BCUT2D eigenvalue weighted by Crippen LogP contribution is 2.34. The Bertz CT molecular complexity index is 117. The van der Waals surface area contributed by atoms with Gasteiger partial charge >= 0.3 is 0 Å². The van der Waals surface area contributed by atoms with Crippen molar-refractivity contribution in [2.24, 2.45) is 17.8 Å². The molecule has 0 N–H and O–H groups in total. The number of rotatable bonds is 2. The molecule has 72 valence electrons. The van der Waals surface area contributed by atoms with E-state index in [1.54, 1.807) is 0 Å². The first-order chi connectivity index (χ1) is 5.76. The van der Waals surface area contributed by atoms with Crippen molar-refractivity contribution in [1.82, 2.24) is 0 Å². The first-order valence-corrected chi connectivity index (χ1v) is 5.76. The molecule has 3 atom stereocenters. The zero-order valence-electron chi connectivity index (χ0n) is 8.97. The molecule has 0 aromatic carbocycles. The molecule has 0 nitrogen and oxygen atoms in total. The smallest absolute Gasteiger partial charge is 0.0412 e. The fourth-order valence-electron chi connectivity index (χ4n) is 2.60. The van der Waals surface area contributed by atoms with Gasteiger partial charge in [-0.05, 0) is 30.6 Å². The van der Waals surface area contributed by atoms with Crippen LogP contribution in [0.2, 0.25) is 0 Å². The highest BCUT2D eigenvalue weighted by atomic mass is 14.3. The molecule has 1 fully saturated rings. The van der Waals surface area contributed by atoms with Gasteiger partial charge in [-0.1, -0.05) is 46.5 Å². The van der Waals surface area contributed by atoms with E-state index in [9.17, 15) is 0 Å². The minimum absolute atomic E-state index is 0.992. The van der Waals surface area contributed by atoms with Gasteiger partial charge in [0, 0.05) is 0 Å². The van der Waals surface area contributed by atoms with Gasteiger partial charge in [0.25, 0.3) is 0 Å². The third-order valence-corrected chi connectivity index (χ3v) is 3.62. The molecule has 0 saturated heterocycles. The van der Waals surface area contributed by atoms with E-state index in [4.69, 9.17) is 0 Å². The van der Waals surface area contributed by atoms with E-state index in [1.165, 1.54) is 38.5 Å². The lowest BCUT2D eigenvalue weighted by molar-refractivity contribution is 0.349. The Kier molecular flexibility index (Phi) is 4.11. The lowest BCUT2D eigenvalue weighted by Crippen LogP contribution is -2.05. The molecule has 1 aliphatic rings. The van der Waals surface area contributed by atoms with Crippen LogP contribution in [0.4, 0.5) is 0 Å². The third kappa shape index (κ3) is 2.80. The van der Waals surface area contributed by atoms with Crippen molar-refractivity contribution in [2.75, 3.05) is 0 Å². The standard InChI is InChI=1S/C12H24/c1-4-11-7-6-10(3)8-12(5-2)9-11/h10-12H,4-9H2,1-3H3. The van der Waals surface area contributed by atoms with E-state index in [0.717, 1.165) is 17.8 Å². The molecule has 1 aliphatic carbocycles. The monoisotopic (exact) mass is 168 g/mol. The van der Waals surface area contributed by atoms with Crippen molar-refractivity contribution in [3.8, 4) is 0 Å². The molecule has 0 aliphatic heterocycles. The van der Waals surface area contributed by atoms with Crippen molar-refractivity contribution in [3.63, 3.8) is 0 Å². The summed E-state index contributed by atoms with van der Waals surface area (Å²) in [4.78, 5) is 0. The average molecular weight is 168 g/mol. The predicted octanol–water partition coefficient (Wildman–Crippen LogP) is 4.25. The summed E-state index contributed by atoms with van der Waals surface area (Å²) in [5.41, 5.74) is 0. The Morgan fingerprint density at radius 3 is 2.17 bits per heavy atom. The van der Waals surface area contributed by atoms with Crippen molar-refractivity contribution in [1.29, 1.82) is 0 Å². The van der Waals surface area contributed by atoms with E-state index < -0.39 is 0 Å². The summed E-state index contributed by atoms with van der Waals surface area (Å²) in [7, 11) is 0. The van der Waals surface area contributed by atoms with Gasteiger partial charge in [0.2, 0.25) is 0 Å². The summed E-state index contributed by atoms with van der Waals surface area (Å²) in [5.74, 6) is 3.07. The molecule has 1 saturated carbocycles. The second-order valence-electron chi connectivity index (χ2n) is 4.70. The Hall–Kier alpha value is 0. The maximum Gasteiger partial charge on any atom is -0.0412 e. The van der Waals surface area contributed by atoms with Crippen LogP contribution >= 0.6 is 0 Å². The third-order valence-electron chi connectivity index (χ3n) is 3.62. The van der Waals surface area contributed by atoms with Gasteiger partial charge in [-0.15, -0.1) is 0 Å². The minimum atomic E-state index is 0.992. The molecule has 0 bridgehead atoms. The lowest BCUT2D eigenvalue weighted by atomic mass is 9.89. The SMILES string of the molecule is CCC1CCC(C)CC(CC)C1. The molecule has 0 radical (unpaired) electrons. The van der Waals surface area contributed by atoms with Crippen LogP contribution in [-0.4, -0.2) is 0 Å². The maximum atomic E-state index is 2.43. The summed E-state index contributed by atoms with van der Waals surface area (Å²) in [6.45, 7) is 7.14. The first-order valence-electron chi connectivity index (χ1n) is 5.76. The molecule has 0 aromatic heterocycles. The second-order valence-corrected chi connectivity index (χ2v) is 4.70. The molecule has 1 rings (SSSR count). The minimum Gasteiger partial charge on any atom is -0.0651 e. The van der Waals surface area contributed by atoms with Crippen LogP contribution in [0.5, 0.6) is 0 Å². The van der Waals surface area contributed by atoms with E-state index >= 15 is 0 Å². The second kappa shape index (κ2) is 4.89. The van der Waals surface area contributed by atoms with E-state index in [-0.39, 0.29) is 0 Å². The molecule has 12 heavy (non-hydrogen) atoms. The van der Waals surface area contributed by atoms with Gasteiger partial charge in [-0.3, -0.25) is 0 Å². The van der Waals surface area contributed by atoms with Gasteiger partial charge in [0.15, 0.2) is 0 Å². The van der Waals surface area contributed by atoms with Gasteiger partial charge in [0.05, 0.1) is 0 Å². The van der Waals surface area contributed by atoms with Gasteiger partial charge in [-0.2, -0.15) is 0 Å². The lowest BCUT2D eigenvalue weighted by Gasteiger charge is -2.17. The fourth-order valence-corrected chi connectivity index (χ4v) is 2.60. The van der Waals surface area contributed by atoms with Gasteiger partial charge in [-0.25, -0.2) is 0 Å². The summed E-state index contributed by atoms with van der Waals surface area (Å²) < 4.78 is 0. The Morgan fingerprint density at radius 2 is 1.58 bits per heavy atom. The molecule has 0 heterocycles. The van der Waals surface area contributed by atoms with Crippen molar-refractivity contribution >= 4 is 0 Å². The Balaban J connectivity index is 2.43. The van der Waals surface area contributed by atoms with Crippen molar-refractivity contribution in [3.05, 3.63) is 0 Å². The van der Waals surface area contributed by atoms with Crippen LogP contribution < -0.4 is 0 Å².